The molecule has 0 fully saturated rings. The zero-order chi connectivity index (χ0) is 18.8. The Hall–Kier alpha value is -3.28. The number of hydrogen-bond donors (Lipinski definition) is 4. The molecule has 6 nitrogen and oxygen atoms in total. The molecule has 3 amide bonds. The van der Waals surface area contributed by atoms with Crippen LogP contribution in [0.4, 0.5) is 16.2 Å². The van der Waals surface area contributed by atoms with Crippen LogP contribution in [0.2, 0.25) is 0 Å². The van der Waals surface area contributed by atoms with Crippen LogP contribution in [0.5, 0.6) is 0 Å². The molecule has 0 unspecified atom stereocenters. The number of aromatic nitrogens is 1. The maximum absolute atomic E-state index is 12.7. The Balaban J connectivity index is 1.52. The quantitative estimate of drug-likeness (QED) is 0.566. The van der Waals surface area contributed by atoms with E-state index in [-0.39, 0.29) is 11.9 Å². The second-order valence-electron chi connectivity index (χ2n) is 6.79. The van der Waals surface area contributed by atoms with Crippen molar-refractivity contribution in [1.82, 2.24) is 10.3 Å². The number of carbonyl (C=O) groups is 2. The van der Waals surface area contributed by atoms with Gasteiger partial charge in [0.1, 0.15) is 0 Å². The third-order valence-corrected chi connectivity index (χ3v) is 4.99. The highest BCUT2D eigenvalue weighted by molar-refractivity contribution is 6.06. The lowest BCUT2D eigenvalue weighted by molar-refractivity contribution is 0.102. The molecule has 27 heavy (non-hydrogen) atoms. The highest BCUT2D eigenvalue weighted by Gasteiger charge is 2.17. The van der Waals surface area contributed by atoms with E-state index in [1.165, 1.54) is 24.1 Å². The molecule has 0 spiro atoms. The van der Waals surface area contributed by atoms with Gasteiger partial charge in [-0.2, -0.15) is 0 Å². The number of hydrogen-bond acceptors (Lipinski definition) is 2. The number of rotatable bonds is 3. The third kappa shape index (κ3) is 3.51. The first-order chi connectivity index (χ1) is 13.1. The van der Waals surface area contributed by atoms with Crippen LogP contribution < -0.4 is 16.0 Å². The maximum atomic E-state index is 12.7. The topological polar surface area (TPSA) is 86.0 Å². The monoisotopic (exact) mass is 362 g/mol. The van der Waals surface area contributed by atoms with Crippen LogP contribution in [0, 0.1) is 0 Å². The molecule has 0 radical (unpaired) electrons. The van der Waals surface area contributed by atoms with E-state index in [0.717, 1.165) is 23.7 Å². The summed E-state index contributed by atoms with van der Waals surface area (Å²) in [6.07, 6.45) is 4.58. The molecule has 6 heteroatoms. The molecule has 4 rings (SSSR count). The summed E-state index contributed by atoms with van der Waals surface area (Å²) in [7, 11) is 1.56. The van der Waals surface area contributed by atoms with Crippen molar-refractivity contribution >= 4 is 34.2 Å². The van der Waals surface area contributed by atoms with Crippen molar-refractivity contribution < 1.29 is 9.59 Å². The van der Waals surface area contributed by atoms with Gasteiger partial charge in [0, 0.05) is 40.6 Å². The summed E-state index contributed by atoms with van der Waals surface area (Å²) in [4.78, 5) is 27.5. The lowest BCUT2D eigenvalue weighted by atomic mass is 9.95. The minimum atomic E-state index is -0.282. The van der Waals surface area contributed by atoms with Crippen molar-refractivity contribution in [3.63, 3.8) is 0 Å². The molecule has 0 atom stereocenters. The zero-order valence-electron chi connectivity index (χ0n) is 15.2. The standard InChI is InChI=1S/C21H22N4O2/c1-22-21(27)24-15-9-7-14(8-10-15)23-20(26)13-6-11-19-17(12-13)16-4-2-3-5-18(16)25-19/h6-12,25H,2-5H2,1H3,(H,23,26)(H2,22,24,27). The van der Waals surface area contributed by atoms with Gasteiger partial charge < -0.3 is 20.9 Å². The lowest BCUT2D eigenvalue weighted by Crippen LogP contribution is -2.24. The fourth-order valence-corrected chi connectivity index (χ4v) is 3.58. The van der Waals surface area contributed by atoms with E-state index in [4.69, 9.17) is 0 Å². The number of carbonyl (C=O) groups excluding carboxylic acids is 2. The predicted octanol–water partition coefficient (Wildman–Crippen LogP) is 4.05. The molecular weight excluding hydrogens is 340 g/mol. The maximum Gasteiger partial charge on any atom is 0.318 e. The number of aryl methyl sites for hydroxylation is 2. The van der Waals surface area contributed by atoms with Crippen molar-refractivity contribution in [1.29, 1.82) is 0 Å². The number of fused-ring (bicyclic) bond motifs is 3. The number of H-pyrrole nitrogens is 1. The van der Waals surface area contributed by atoms with Gasteiger partial charge in [0.2, 0.25) is 0 Å². The second kappa shape index (κ2) is 7.15. The van der Waals surface area contributed by atoms with E-state index in [2.05, 4.69) is 20.9 Å². The van der Waals surface area contributed by atoms with Crippen molar-refractivity contribution in [3.8, 4) is 0 Å². The van der Waals surface area contributed by atoms with Gasteiger partial charge in [0.25, 0.3) is 5.91 Å². The first kappa shape index (κ1) is 17.1. The summed E-state index contributed by atoms with van der Waals surface area (Å²) >= 11 is 0. The van der Waals surface area contributed by atoms with Crippen LogP contribution in [-0.2, 0) is 12.8 Å². The Labute approximate surface area is 157 Å². The fourth-order valence-electron chi connectivity index (χ4n) is 3.58. The number of amides is 3. The minimum absolute atomic E-state index is 0.144. The van der Waals surface area contributed by atoms with Gasteiger partial charge in [0.05, 0.1) is 0 Å². The molecule has 1 aromatic heterocycles. The van der Waals surface area contributed by atoms with Crippen molar-refractivity contribution in [2.24, 2.45) is 0 Å². The summed E-state index contributed by atoms with van der Waals surface area (Å²) in [5.74, 6) is -0.144. The van der Waals surface area contributed by atoms with E-state index in [1.54, 1.807) is 31.3 Å². The van der Waals surface area contributed by atoms with Crippen LogP contribution in [0.15, 0.2) is 42.5 Å². The number of urea groups is 1. The normalized spacial score (nSPS) is 13.1. The summed E-state index contributed by atoms with van der Waals surface area (Å²) in [5.41, 5.74) is 5.75. The lowest BCUT2D eigenvalue weighted by Gasteiger charge is -2.11. The van der Waals surface area contributed by atoms with E-state index < -0.39 is 0 Å². The van der Waals surface area contributed by atoms with Crippen LogP contribution in [-0.4, -0.2) is 24.0 Å². The average molecular weight is 362 g/mol. The van der Waals surface area contributed by atoms with Gasteiger partial charge in [-0.25, -0.2) is 4.79 Å². The van der Waals surface area contributed by atoms with E-state index in [0.29, 0.717) is 16.9 Å². The van der Waals surface area contributed by atoms with Gasteiger partial charge in [-0.3, -0.25) is 4.79 Å². The SMILES string of the molecule is CNC(=O)Nc1ccc(NC(=O)c2ccc3[nH]c4c(c3c2)CCCC4)cc1. The summed E-state index contributed by atoms with van der Waals surface area (Å²) in [6.45, 7) is 0. The van der Waals surface area contributed by atoms with Crippen molar-refractivity contribution in [2.75, 3.05) is 17.7 Å². The smallest absolute Gasteiger partial charge is 0.318 e. The Morgan fingerprint density at radius 3 is 2.37 bits per heavy atom. The minimum Gasteiger partial charge on any atom is -0.358 e. The molecule has 2 aromatic carbocycles. The first-order valence-corrected chi connectivity index (χ1v) is 9.17. The molecule has 0 saturated heterocycles. The highest BCUT2D eigenvalue weighted by atomic mass is 16.2. The molecule has 4 N–H and O–H groups in total. The number of nitrogens with one attached hydrogen (secondary N) is 4. The zero-order valence-corrected chi connectivity index (χ0v) is 15.2. The molecular formula is C21H22N4O2. The van der Waals surface area contributed by atoms with E-state index in [9.17, 15) is 9.59 Å². The summed E-state index contributed by atoms with van der Waals surface area (Å²) in [6, 6.07) is 12.6. The molecule has 1 heterocycles. The van der Waals surface area contributed by atoms with Crippen molar-refractivity contribution in [2.45, 2.75) is 25.7 Å². The van der Waals surface area contributed by atoms with E-state index >= 15 is 0 Å². The van der Waals surface area contributed by atoms with Crippen LogP contribution in [0.1, 0.15) is 34.5 Å². The summed E-state index contributed by atoms with van der Waals surface area (Å²) < 4.78 is 0. The largest absolute Gasteiger partial charge is 0.358 e. The van der Waals surface area contributed by atoms with Gasteiger partial charge in [-0.15, -0.1) is 0 Å². The Bertz CT molecular complexity index is 1000. The molecule has 0 saturated carbocycles. The van der Waals surface area contributed by atoms with E-state index in [1.807, 2.05) is 18.2 Å². The number of aromatic amines is 1. The highest BCUT2D eigenvalue weighted by Crippen LogP contribution is 2.30. The van der Waals surface area contributed by atoms with Gasteiger partial charge >= 0.3 is 6.03 Å². The molecule has 1 aliphatic carbocycles. The molecule has 3 aromatic rings. The predicted molar refractivity (Wildman–Crippen MR) is 107 cm³/mol. The van der Waals surface area contributed by atoms with Gasteiger partial charge in [-0.1, -0.05) is 0 Å². The van der Waals surface area contributed by atoms with Gasteiger partial charge in [0.15, 0.2) is 0 Å². The Morgan fingerprint density at radius 2 is 1.63 bits per heavy atom. The molecule has 138 valence electrons. The van der Waals surface area contributed by atoms with Crippen LogP contribution in [0.3, 0.4) is 0 Å². The van der Waals surface area contributed by atoms with Crippen LogP contribution >= 0.6 is 0 Å². The number of benzene rings is 2. The molecule has 0 aliphatic heterocycles. The summed E-state index contributed by atoms with van der Waals surface area (Å²) in [5, 5.41) is 9.24. The van der Waals surface area contributed by atoms with Gasteiger partial charge in [-0.05, 0) is 73.7 Å². The Kier molecular flexibility index (Phi) is 4.54. The number of anilines is 2. The molecule has 1 aliphatic rings. The van der Waals surface area contributed by atoms with Crippen molar-refractivity contribution in [3.05, 3.63) is 59.3 Å². The first-order valence-electron chi connectivity index (χ1n) is 9.17. The Morgan fingerprint density at radius 1 is 0.926 bits per heavy atom. The fraction of sp³-hybridized carbons (Fsp3) is 0.238. The van der Waals surface area contributed by atoms with Crippen LogP contribution in [0.25, 0.3) is 10.9 Å². The molecule has 0 bridgehead atoms. The third-order valence-electron chi connectivity index (χ3n) is 4.99. The second-order valence-corrected chi connectivity index (χ2v) is 6.79. The average Bonchev–Trinajstić information content (AvgIpc) is 3.07.